The van der Waals surface area contributed by atoms with E-state index < -0.39 is 5.92 Å². The molecule has 1 atom stereocenters. The van der Waals surface area contributed by atoms with Crippen LogP contribution in [0.2, 0.25) is 0 Å². The number of para-hydroxylation sites is 1. The number of hydrogen-bond donors (Lipinski definition) is 1. The van der Waals surface area contributed by atoms with Crippen LogP contribution >= 0.6 is 15.9 Å². The first-order valence-corrected chi connectivity index (χ1v) is 8.98. The van der Waals surface area contributed by atoms with Crippen molar-refractivity contribution < 1.29 is 9.13 Å². The van der Waals surface area contributed by atoms with Gasteiger partial charge in [0.15, 0.2) is 0 Å². The molecule has 0 amide bonds. The van der Waals surface area contributed by atoms with Crippen molar-refractivity contribution in [2.45, 2.75) is 12.8 Å². The third kappa shape index (κ3) is 2.78. The molecular weight excluding hydrogens is 411 g/mol. The molecule has 1 unspecified atom stereocenters. The Bertz CT molecular complexity index is 1120. The third-order valence-electron chi connectivity index (χ3n) is 4.51. The molecule has 2 heterocycles. The molecule has 1 aromatic heterocycles. The fraction of sp³-hybridized carbons (Fsp3) is 0.100. The van der Waals surface area contributed by atoms with E-state index >= 15 is 0 Å². The second-order valence-electron chi connectivity index (χ2n) is 6.15. The lowest BCUT2D eigenvalue weighted by molar-refractivity contribution is 0.367. The average Bonchev–Trinajstić information content (AvgIpc) is 2.99. The maximum Gasteiger partial charge on any atom is 0.229 e. The van der Waals surface area contributed by atoms with E-state index in [1.807, 2.05) is 37.3 Å². The smallest absolute Gasteiger partial charge is 0.229 e. The van der Waals surface area contributed by atoms with Crippen molar-refractivity contribution in [2.24, 2.45) is 5.73 Å². The Morgan fingerprint density at radius 3 is 2.67 bits per heavy atom. The Labute approximate surface area is 163 Å². The Morgan fingerprint density at radius 2 is 2.00 bits per heavy atom. The van der Waals surface area contributed by atoms with Crippen molar-refractivity contribution in [1.82, 2.24) is 9.78 Å². The molecule has 0 bridgehead atoms. The molecule has 0 aliphatic carbocycles. The molecule has 2 N–H and O–H groups in total. The van der Waals surface area contributed by atoms with Gasteiger partial charge in [-0.15, -0.1) is 0 Å². The molecule has 0 fully saturated rings. The van der Waals surface area contributed by atoms with E-state index in [0.29, 0.717) is 16.0 Å². The normalized spacial score (nSPS) is 15.9. The number of nitrogens with two attached hydrogens (primary N) is 1. The zero-order valence-corrected chi connectivity index (χ0v) is 15.9. The van der Waals surface area contributed by atoms with Crippen LogP contribution in [0.15, 0.2) is 64.5 Å². The predicted molar refractivity (Wildman–Crippen MR) is 102 cm³/mol. The minimum absolute atomic E-state index is 0.0209. The fourth-order valence-corrected chi connectivity index (χ4v) is 3.68. The van der Waals surface area contributed by atoms with Gasteiger partial charge in [0, 0.05) is 0 Å². The summed E-state index contributed by atoms with van der Waals surface area (Å²) in [4.78, 5) is 0. The van der Waals surface area contributed by atoms with Crippen molar-refractivity contribution in [2.75, 3.05) is 0 Å². The fourth-order valence-electron chi connectivity index (χ4n) is 3.28. The van der Waals surface area contributed by atoms with Gasteiger partial charge in [-0.05, 0) is 52.7 Å². The number of nitrogens with zero attached hydrogens (tertiary/aromatic N) is 3. The van der Waals surface area contributed by atoms with Crippen LogP contribution in [0.25, 0.3) is 5.69 Å². The summed E-state index contributed by atoms with van der Waals surface area (Å²) in [5.74, 6) is -0.389. The number of fused-ring (bicyclic) bond motifs is 1. The number of benzene rings is 2. The maximum absolute atomic E-state index is 13.7. The zero-order chi connectivity index (χ0) is 19.1. The number of aromatic nitrogens is 2. The zero-order valence-electron chi connectivity index (χ0n) is 14.3. The van der Waals surface area contributed by atoms with Crippen LogP contribution in [0.1, 0.15) is 22.7 Å². The van der Waals surface area contributed by atoms with Crippen molar-refractivity contribution in [3.8, 4) is 17.6 Å². The molecule has 4 rings (SSSR count). The van der Waals surface area contributed by atoms with Gasteiger partial charge < -0.3 is 10.5 Å². The SMILES string of the molecule is Cc1nn(-c2ccccc2)c2c1C(c1ccc(F)c(Br)c1)C(C#N)=C(N)O2. The first-order chi connectivity index (χ1) is 13.0. The van der Waals surface area contributed by atoms with Gasteiger partial charge in [-0.3, -0.25) is 0 Å². The lowest BCUT2D eigenvalue weighted by Crippen LogP contribution is -2.22. The molecule has 0 spiro atoms. The molecule has 0 saturated carbocycles. The van der Waals surface area contributed by atoms with E-state index in [9.17, 15) is 9.65 Å². The molecule has 0 radical (unpaired) electrons. The van der Waals surface area contributed by atoms with Gasteiger partial charge in [-0.2, -0.15) is 10.4 Å². The van der Waals surface area contributed by atoms with Gasteiger partial charge >= 0.3 is 0 Å². The van der Waals surface area contributed by atoms with Crippen LogP contribution in [0.4, 0.5) is 4.39 Å². The van der Waals surface area contributed by atoms with E-state index in [1.54, 1.807) is 16.8 Å². The molecule has 134 valence electrons. The summed E-state index contributed by atoms with van der Waals surface area (Å²) in [6.45, 7) is 1.85. The van der Waals surface area contributed by atoms with Gasteiger partial charge in [0.1, 0.15) is 17.5 Å². The number of rotatable bonds is 2. The van der Waals surface area contributed by atoms with E-state index in [-0.39, 0.29) is 17.3 Å². The summed E-state index contributed by atoms with van der Waals surface area (Å²) in [5.41, 5.74) is 9.32. The van der Waals surface area contributed by atoms with Crippen molar-refractivity contribution in [1.29, 1.82) is 5.26 Å². The van der Waals surface area contributed by atoms with Crippen LogP contribution in [-0.4, -0.2) is 9.78 Å². The maximum atomic E-state index is 13.7. The predicted octanol–water partition coefficient (Wildman–Crippen LogP) is 4.30. The number of ether oxygens (including phenoxy) is 1. The minimum atomic E-state index is -0.492. The number of aryl methyl sites for hydroxylation is 1. The van der Waals surface area contributed by atoms with Crippen molar-refractivity contribution >= 4 is 15.9 Å². The third-order valence-corrected chi connectivity index (χ3v) is 5.12. The standard InChI is InChI=1S/C20H14BrFN4O/c1-11-17-18(12-7-8-16(22)15(21)9-12)14(10-23)19(24)27-20(17)26(25-11)13-5-3-2-4-6-13/h2-9,18H,24H2,1H3. The molecule has 2 aromatic carbocycles. The van der Waals surface area contributed by atoms with Crippen LogP contribution < -0.4 is 10.5 Å². The number of hydrogen-bond acceptors (Lipinski definition) is 4. The summed E-state index contributed by atoms with van der Waals surface area (Å²) in [6.07, 6.45) is 0. The molecule has 7 heteroatoms. The molecule has 5 nitrogen and oxygen atoms in total. The molecule has 1 aliphatic rings. The highest BCUT2D eigenvalue weighted by molar-refractivity contribution is 9.10. The highest BCUT2D eigenvalue weighted by atomic mass is 79.9. The van der Waals surface area contributed by atoms with Gasteiger partial charge in [0.2, 0.25) is 11.8 Å². The van der Waals surface area contributed by atoms with E-state index in [4.69, 9.17) is 10.5 Å². The first-order valence-electron chi connectivity index (χ1n) is 8.18. The number of nitriles is 1. The highest BCUT2D eigenvalue weighted by Crippen LogP contribution is 2.45. The summed E-state index contributed by atoms with van der Waals surface area (Å²) in [6, 6.07) is 16.3. The summed E-state index contributed by atoms with van der Waals surface area (Å²) < 4.78 is 21.5. The Kier molecular flexibility index (Phi) is 4.21. The van der Waals surface area contributed by atoms with Crippen LogP contribution in [0.3, 0.4) is 0 Å². The van der Waals surface area contributed by atoms with E-state index in [0.717, 1.165) is 16.8 Å². The molecule has 0 saturated heterocycles. The Balaban J connectivity index is 1.97. The van der Waals surface area contributed by atoms with Gasteiger partial charge in [-0.1, -0.05) is 24.3 Å². The second-order valence-corrected chi connectivity index (χ2v) is 7.00. The van der Waals surface area contributed by atoms with Gasteiger partial charge in [-0.25, -0.2) is 9.07 Å². The lowest BCUT2D eigenvalue weighted by Gasteiger charge is -2.25. The molecule has 3 aromatic rings. The first kappa shape index (κ1) is 17.3. The average molecular weight is 425 g/mol. The van der Waals surface area contributed by atoms with Crippen LogP contribution in [-0.2, 0) is 0 Å². The molecule has 1 aliphatic heterocycles. The second kappa shape index (κ2) is 6.56. The van der Waals surface area contributed by atoms with Crippen molar-refractivity contribution in [3.63, 3.8) is 0 Å². The van der Waals surface area contributed by atoms with E-state index in [1.165, 1.54) is 6.07 Å². The quantitative estimate of drug-likeness (QED) is 0.664. The topological polar surface area (TPSA) is 76.9 Å². The summed E-state index contributed by atoms with van der Waals surface area (Å²) >= 11 is 3.21. The van der Waals surface area contributed by atoms with Crippen LogP contribution in [0, 0.1) is 24.1 Å². The van der Waals surface area contributed by atoms with Crippen LogP contribution in [0.5, 0.6) is 5.88 Å². The number of halogens is 2. The monoisotopic (exact) mass is 424 g/mol. The van der Waals surface area contributed by atoms with E-state index in [2.05, 4.69) is 27.1 Å². The summed E-state index contributed by atoms with van der Waals surface area (Å²) in [5, 5.41) is 14.3. The number of allylic oxidation sites excluding steroid dienone is 1. The van der Waals surface area contributed by atoms with Gasteiger partial charge in [0.05, 0.1) is 27.3 Å². The largest absolute Gasteiger partial charge is 0.422 e. The molecule has 27 heavy (non-hydrogen) atoms. The molecular formula is C20H14BrFN4O. The lowest BCUT2D eigenvalue weighted by atomic mass is 9.84. The Hall–Kier alpha value is -3.11. The Morgan fingerprint density at radius 1 is 1.26 bits per heavy atom. The minimum Gasteiger partial charge on any atom is -0.422 e. The highest BCUT2D eigenvalue weighted by Gasteiger charge is 2.36. The summed E-state index contributed by atoms with van der Waals surface area (Å²) in [7, 11) is 0. The van der Waals surface area contributed by atoms with Gasteiger partial charge in [0.25, 0.3) is 0 Å². The van der Waals surface area contributed by atoms with Crippen molar-refractivity contribution in [3.05, 3.63) is 87.1 Å².